The van der Waals surface area contributed by atoms with E-state index < -0.39 is 35.1 Å². The number of allylic oxidation sites excluding steroid dienone is 1. The van der Waals surface area contributed by atoms with Crippen LogP contribution in [0.1, 0.15) is 35.6 Å². The standard InChI is InChI=1S/C25H18F6O/c1-2-14-3-5-15(6-4-14)16-7-9-19-18(11-16)13-21(27)23(24(19)28)17-8-10-22(20(26)12-17)32-25(29,30)31/h3-6,8,10-13H,2,7,9H2,1H3. The number of benzene rings is 3. The van der Waals surface area contributed by atoms with Gasteiger partial charge in [0.1, 0.15) is 11.6 Å². The summed E-state index contributed by atoms with van der Waals surface area (Å²) in [6.07, 6.45) is -1.59. The molecular formula is C25H18F6O. The van der Waals surface area contributed by atoms with Gasteiger partial charge in [0.25, 0.3) is 0 Å². The van der Waals surface area contributed by atoms with Gasteiger partial charge in [-0.25, -0.2) is 13.2 Å². The lowest BCUT2D eigenvalue weighted by Gasteiger charge is -2.20. The Hall–Kier alpha value is -3.22. The molecule has 0 spiro atoms. The highest BCUT2D eigenvalue weighted by atomic mass is 19.4. The van der Waals surface area contributed by atoms with Crippen molar-refractivity contribution in [1.82, 2.24) is 0 Å². The van der Waals surface area contributed by atoms with Gasteiger partial charge in [-0.05, 0) is 70.9 Å². The maximum Gasteiger partial charge on any atom is 0.573 e. The summed E-state index contributed by atoms with van der Waals surface area (Å²) in [6, 6.07) is 11.5. The molecular weight excluding hydrogens is 430 g/mol. The van der Waals surface area contributed by atoms with Gasteiger partial charge >= 0.3 is 6.36 Å². The number of hydrogen-bond acceptors (Lipinski definition) is 1. The molecule has 4 rings (SSSR count). The highest BCUT2D eigenvalue weighted by molar-refractivity contribution is 5.85. The van der Waals surface area contributed by atoms with Crippen LogP contribution in [0.3, 0.4) is 0 Å². The first kappa shape index (κ1) is 22.0. The zero-order chi connectivity index (χ0) is 23.0. The fraction of sp³-hybridized carbons (Fsp3) is 0.200. The Morgan fingerprint density at radius 1 is 0.844 bits per heavy atom. The number of ether oxygens (including phenoxy) is 1. The van der Waals surface area contributed by atoms with Crippen molar-refractivity contribution in [2.45, 2.75) is 32.5 Å². The predicted molar refractivity (Wildman–Crippen MR) is 110 cm³/mol. The lowest BCUT2D eigenvalue weighted by Crippen LogP contribution is -2.18. The van der Waals surface area contributed by atoms with Crippen LogP contribution < -0.4 is 4.74 Å². The second-order valence-corrected chi connectivity index (χ2v) is 7.53. The largest absolute Gasteiger partial charge is 0.573 e. The van der Waals surface area contributed by atoms with E-state index in [1.54, 1.807) is 6.08 Å². The van der Waals surface area contributed by atoms with Crippen molar-refractivity contribution in [2.75, 3.05) is 0 Å². The molecule has 32 heavy (non-hydrogen) atoms. The number of fused-ring (bicyclic) bond motifs is 1. The van der Waals surface area contributed by atoms with Crippen LogP contribution in [0.2, 0.25) is 0 Å². The average Bonchev–Trinajstić information content (AvgIpc) is 2.74. The third kappa shape index (κ3) is 4.38. The van der Waals surface area contributed by atoms with Gasteiger partial charge in [0.15, 0.2) is 11.6 Å². The molecule has 3 aromatic carbocycles. The molecule has 0 saturated carbocycles. The number of aryl methyl sites for hydroxylation is 1. The molecule has 0 radical (unpaired) electrons. The van der Waals surface area contributed by atoms with E-state index in [4.69, 9.17) is 0 Å². The zero-order valence-corrected chi connectivity index (χ0v) is 17.0. The molecule has 0 unspecified atom stereocenters. The summed E-state index contributed by atoms with van der Waals surface area (Å²) in [5.41, 5.74) is 3.09. The van der Waals surface area contributed by atoms with Crippen LogP contribution in [0.15, 0.2) is 48.5 Å². The number of hydrogen-bond donors (Lipinski definition) is 0. The fourth-order valence-electron chi connectivity index (χ4n) is 3.89. The molecule has 0 heterocycles. The lowest BCUT2D eigenvalue weighted by atomic mass is 9.86. The molecule has 0 bridgehead atoms. The third-order valence-electron chi connectivity index (χ3n) is 5.51. The van der Waals surface area contributed by atoms with E-state index in [0.717, 1.165) is 23.6 Å². The Labute approximate surface area is 181 Å². The van der Waals surface area contributed by atoms with Crippen molar-refractivity contribution >= 4 is 11.6 Å². The Kier molecular flexibility index (Phi) is 5.75. The van der Waals surface area contributed by atoms with E-state index >= 15 is 4.39 Å². The Bertz CT molecular complexity index is 1190. The average molecular weight is 448 g/mol. The summed E-state index contributed by atoms with van der Waals surface area (Å²) in [7, 11) is 0. The molecule has 0 aliphatic heterocycles. The van der Waals surface area contributed by atoms with Crippen LogP contribution in [0.25, 0.3) is 22.8 Å². The number of rotatable bonds is 4. The van der Waals surface area contributed by atoms with Gasteiger partial charge in [0, 0.05) is 0 Å². The molecule has 0 fully saturated rings. The van der Waals surface area contributed by atoms with Crippen LogP contribution >= 0.6 is 0 Å². The minimum Gasteiger partial charge on any atom is -0.403 e. The van der Waals surface area contributed by atoms with Crippen molar-refractivity contribution in [1.29, 1.82) is 0 Å². The van der Waals surface area contributed by atoms with Crippen LogP contribution in [0.5, 0.6) is 5.75 Å². The van der Waals surface area contributed by atoms with Gasteiger partial charge in [-0.3, -0.25) is 0 Å². The molecule has 3 aromatic rings. The summed E-state index contributed by atoms with van der Waals surface area (Å²) in [4.78, 5) is 0. The summed E-state index contributed by atoms with van der Waals surface area (Å²) >= 11 is 0. The van der Waals surface area contributed by atoms with Crippen molar-refractivity contribution in [3.63, 3.8) is 0 Å². The van der Waals surface area contributed by atoms with Gasteiger partial charge in [-0.2, -0.15) is 0 Å². The first-order valence-corrected chi connectivity index (χ1v) is 10.0. The molecule has 166 valence electrons. The molecule has 1 aliphatic rings. The zero-order valence-electron chi connectivity index (χ0n) is 17.0. The molecule has 0 amide bonds. The smallest absolute Gasteiger partial charge is 0.403 e. The van der Waals surface area contributed by atoms with Crippen molar-refractivity contribution < 1.29 is 31.1 Å². The van der Waals surface area contributed by atoms with E-state index in [1.807, 2.05) is 24.3 Å². The van der Waals surface area contributed by atoms with Crippen molar-refractivity contribution in [3.05, 3.63) is 88.2 Å². The minimum absolute atomic E-state index is 0.209. The first-order chi connectivity index (χ1) is 15.2. The summed E-state index contributed by atoms with van der Waals surface area (Å²) < 4.78 is 84.8. The normalized spacial score (nSPS) is 13.5. The van der Waals surface area contributed by atoms with E-state index in [-0.39, 0.29) is 11.1 Å². The first-order valence-electron chi connectivity index (χ1n) is 10.0. The summed E-state index contributed by atoms with van der Waals surface area (Å²) in [5, 5.41) is 0. The van der Waals surface area contributed by atoms with E-state index in [0.29, 0.717) is 30.5 Å². The SMILES string of the molecule is CCc1ccc(C2=Cc3cc(F)c(-c4ccc(OC(F)(F)F)c(F)c4)c(F)c3CC2)cc1. The van der Waals surface area contributed by atoms with Crippen LogP contribution in [-0.4, -0.2) is 6.36 Å². The van der Waals surface area contributed by atoms with Crippen LogP contribution in [-0.2, 0) is 12.8 Å². The monoisotopic (exact) mass is 448 g/mol. The third-order valence-corrected chi connectivity index (χ3v) is 5.51. The number of halogens is 6. The van der Waals surface area contributed by atoms with Gasteiger partial charge in [0.05, 0.1) is 5.56 Å². The van der Waals surface area contributed by atoms with Crippen molar-refractivity contribution in [2.24, 2.45) is 0 Å². The molecule has 0 N–H and O–H groups in total. The quantitative estimate of drug-likeness (QED) is 0.371. The summed E-state index contributed by atoms with van der Waals surface area (Å²) in [5.74, 6) is -4.21. The van der Waals surface area contributed by atoms with Gasteiger partial charge < -0.3 is 4.74 Å². The summed E-state index contributed by atoms with van der Waals surface area (Å²) in [6.45, 7) is 2.05. The Balaban J connectivity index is 1.71. The topological polar surface area (TPSA) is 9.23 Å². The number of alkyl halides is 3. The van der Waals surface area contributed by atoms with E-state index in [9.17, 15) is 22.0 Å². The molecule has 0 aromatic heterocycles. The van der Waals surface area contributed by atoms with Crippen LogP contribution in [0, 0.1) is 17.5 Å². The highest BCUT2D eigenvalue weighted by Gasteiger charge is 2.32. The van der Waals surface area contributed by atoms with E-state index in [2.05, 4.69) is 11.7 Å². The second kappa shape index (κ2) is 8.37. The maximum absolute atomic E-state index is 15.2. The Morgan fingerprint density at radius 3 is 2.16 bits per heavy atom. The molecule has 7 heteroatoms. The maximum atomic E-state index is 15.2. The van der Waals surface area contributed by atoms with Gasteiger partial charge in [-0.15, -0.1) is 13.2 Å². The Morgan fingerprint density at radius 2 is 1.53 bits per heavy atom. The fourth-order valence-corrected chi connectivity index (χ4v) is 3.89. The molecule has 1 nitrogen and oxygen atoms in total. The van der Waals surface area contributed by atoms with Crippen molar-refractivity contribution in [3.8, 4) is 16.9 Å². The minimum atomic E-state index is -5.08. The van der Waals surface area contributed by atoms with E-state index in [1.165, 1.54) is 11.6 Å². The molecule has 0 saturated heterocycles. The van der Waals surface area contributed by atoms with Gasteiger partial charge in [-0.1, -0.05) is 43.3 Å². The van der Waals surface area contributed by atoms with Crippen LogP contribution in [0.4, 0.5) is 26.3 Å². The van der Waals surface area contributed by atoms with Gasteiger partial charge in [0.2, 0.25) is 0 Å². The highest BCUT2D eigenvalue weighted by Crippen LogP contribution is 2.38. The lowest BCUT2D eigenvalue weighted by molar-refractivity contribution is -0.275. The second-order valence-electron chi connectivity index (χ2n) is 7.53. The predicted octanol–water partition coefficient (Wildman–Crippen LogP) is 7.72. The molecule has 0 atom stereocenters. The molecule has 1 aliphatic carbocycles.